The van der Waals surface area contributed by atoms with Crippen LogP contribution in [0.3, 0.4) is 0 Å². The van der Waals surface area contributed by atoms with Gasteiger partial charge in [-0.05, 0) is 20.3 Å². The minimum absolute atomic E-state index is 0.384. The van der Waals surface area contributed by atoms with Crippen LogP contribution in [0.5, 0.6) is 0 Å². The van der Waals surface area contributed by atoms with Crippen molar-refractivity contribution in [2.45, 2.75) is 46.4 Å². The molecule has 0 aromatic carbocycles. The number of ether oxygens (including phenoxy) is 2. The molecule has 0 N–H and O–H groups in total. The van der Waals surface area contributed by atoms with Crippen LogP contribution in [0.15, 0.2) is 6.20 Å². The third-order valence-corrected chi connectivity index (χ3v) is 2.17. The molecule has 16 heavy (non-hydrogen) atoms. The predicted molar refractivity (Wildman–Crippen MR) is 60.9 cm³/mol. The zero-order valence-electron chi connectivity index (χ0n) is 10.3. The largest absolute Gasteiger partial charge is 0.347 e. The Hall–Kier alpha value is -0.940. The highest BCUT2D eigenvalue weighted by atomic mass is 16.7. The van der Waals surface area contributed by atoms with Crippen LogP contribution in [-0.4, -0.2) is 28.2 Å². The van der Waals surface area contributed by atoms with Crippen LogP contribution in [0, 0.1) is 0 Å². The average molecular weight is 227 g/mol. The Morgan fingerprint density at radius 2 is 1.94 bits per heavy atom. The quantitative estimate of drug-likeness (QED) is 0.638. The Labute approximate surface area is 96.7 Å². The van der Waals surface area contributed by atoms with Gasteiger partial charge in [0.15, 0.2) is 0 Å². The lowest BCUT2D eigenvalue weighted by Gasteiger charge is -2.13. The van der Waals surface area contributed by atoms with Crippen molar-refractivity contribution in [2.75, 3.05) is 13.2 Å². The number of hydrogen-bond donors (Lipinski definition) is 0. The molecule has 0 radical (unpaired) electrons. The third kappa shape index (κ3) is 3.90. The van der Waals surface area contributed by atoms with Crippen LogP contribution in [0.1, 0.15) is 45.6 Å². The van der Waals surface area contributed by atoms with E-state index in [0.717, 1.165) is 25.1 Å². The zero-order valence-corrected chi connectivity index (χ0v) is 10.3. The molecule has 0 saturated carbocycles. The summed E-state index contributed by atoms with van der Waals surface area (Å²) in [5.74, 6) is 0. The molecule has 1 rings (SSSR count). The zero-order chi connectivity index (χ0) is 11.8. The fraction of sp³-hybridized carbons (Fsp3) is 0.818. The summed E-state index contributed by atoms with van der Waals surface area (Å²) in [6.07, 6.45) is 3.77. The summed E-state index contributed by atoms with van der Waals surface area (Å²) in [4.78, 5) is 0. The topological polar surface area (TPSA) is 49.2 Å². The highest BCUT2D eigenvalue weighted by molar-refractivity contribution is 4.94. The third-order valence-electron chi connectivity index (χ3n) is 2.17. The average Bonchev–Trinajstić information content (AvgIpc) is 2.74. The molecule has 1 aromatic rings. The van der Waals surface area contributed by atoms with Crippen LogP contribution in [0.4, 0.5) is 0 Å². The smallest absolute Gasteiger partial charge is 0.204 e. The maximum Gasteiger partial charge on any atom is 0.204 e. The van der Waals surface area contributed by atoms with E-state index in [9.17, 15) is 0 Å². The molecule has 0 fully saturated rings. The number of aromatic nitrogens is 3. The SMILES string of the molecule is CCCCn1cc(C(OCC)OCC)nn1. The molecular formula is C11H21N3O2. The maximum absolute atomic E-state index is 5.45. The van der Waals surface area contributed by atoms with Gasteiger partial charge in [-0.3, -0.25) is 4.68 Å². The maximum atomic E-state index is 5.45. The summed E-state index contributed by atoms with van der Waals surface area (Å²) in [5.41, 5.74) is 0.750. The first-order valence-electron chi connectivity index (χ1n) is 5.95. The highest BCUT2D eigenvalue weighted by Crippen LogP contribution is 2.15. The van der Waals surface area contributed by atoms with Crippen molar-refractivity contribution >= 4 is 0 Å². The van der Waals surface area contributed by atoms with E-state index in [2.05, 4.69) is 17.2 Å². The summed E-state index contributed by atoms with van der Waals surface area (Å²) < 4.78 is 12.7. The normalized spacial score (nSPS) is 11.2. The van der Waals surface area contributed by atoms with Crippen molar-refractivity contribution in [3.63, 3.8) is 0 Å². The minimum atomic E-state index is -0.384. The molecule has 5 heteroatoms. The van der Waals surface area contributed by atoms with Crippen LogP contribution in [-0.2, 0) is 16.0 Å². The van der Waals surface area contributed by atoms with E-state index in [1.165, 1.54) is 0 Å². The number of rotatable bonds is 8. The Bertz CT molecular complexity index is 283. The predicted octanol–water partition coefficient (Wildman–Crippen LogP) is 2.15. The molecule has 0 atom stereocenters. The van der Waals surface area contributed by atoms with Crippen molar-refractivity contribution in [1.82, 2.24) is 15.0 Å². The molecule has 0 amide bonds. The van der Waals surface area contributed by atoms with Gasteiger partial charge in [-0.1, -0.05) is 18.6 Å². The van der Waals surface area contributed by atoms with Gasteiger partial charge in [0.25, 0.3) is 0 Å². The second kappa shape index (κ2) is 7.35. The lowest BCUT2D eigenvalue weighted by molar-refractivity contribution is -0.142. The van der Waals surface area contributed by atoms with Gasteiger partial charge in [-0.2, -0.15) is 0 Å². The van der Waals surface area contributed by atoms with Crippen LogP contribution >= 0.6 is 0 Å². The van der Waals surface area contributed by atoms with Crippen molar-refractivity contribution in [1.29, 1.82) is 0 Å². The van der Waals surface area contributed by atoms with Crippen molar-refractivity contribution in [3.05, 3.63) is 11.9 Å². The van der Waals surface area contributed by atoms with Crippen molar-refractivity contribution in [2.24, 2.45) is 0 Å². The summed E-state index contributed by atoms with van der Waals surface area (Å²) >= 11 is 0. The fourth-order valence-corrected chi connectivity index (χ4v) is 1.37. The lowest BCUT2D eigenvalue weighted by atomic mass is 10.3. The molecule has 0 aliphatic heterocycles. The van der Waals surface area contributed by atoms with Crippen LogP contribution < -0.4 is 0 Å². The van der Waals surface area contributed by atoms with E-state index in [-0.39, 0.29) is 6.29 Å². The van der Waals surface area contributed by atoms with Gasteiger partial charge in [0.1, 0.15) is 5.69 Å². The van der Waals surface area contributed by atoms with Gasteiger partial charge in [0.05, 0.1) is 6.20 Å². The first kappa shape index (κ1) is 13.1. The molecule has 92 valence electrons. The van der Waals surface area contributed by atoms with Crippen LogP contribution in [0.25, 0.3) is 0 Å². The Balaban J connectivity index is 2.58. The fourth-order valence-electron chi connectivity index (χ4n) is 1.37. The number of nitrogens with zero attached hydrogens (tertiary/aromatic N) is 3. The van der Waals surface area contributed by atoms with E-state index in [1.807, 2.05) is 24.7 Å². The van der Waals surface area contributed by atoms with Crippen molar-refractivity contribution in [3.8, 4) is 0 Å². The molecule has 0 saturated heterocycles. The van der Waals surface area contributed by atoms with Crippen molar-refractivity contribution < 1.29 is 9.47 Å². The first-order valence-corrected chi connectivity index (χ1v) is 5.95. The number of unbranched alkanes of at least 4 members (excludes halogenated alkanes) is 1. The Kier molecular flexibility index (Phi) is 6.03. The lowest BCUT2D eigenvalue weighted by Crippen LogP contribution is -2.09. The minimum Gasteiger partial charge on any atom is -0.347 e. The Morgan fingerprint density at radius 3 is 2.50 bits per heavy atom. The molecule has 0 aliphatic carbocycles. The van der Waals surface area contributed by atoms with Gasteiger partial charge in [-0.15, -0.1) is 5.10 Å². The van der Waals surface area contributed by atoms with Gasteiger partial charge in [-0.25, -0.2) is 0 Å². The molecule has 0 spiro atoms. The molecule has 0 aliphatic rings. The highest BCUT2D eigenvalue weighted by Gasteiger charge is 2.15. The first-order chi connectivity index (χ1) is 7.81. The molecule has 0 bridgehead atoms. The molecular weight excluding hydrogens is 206 g/mol. The summed E-state index contributed by atoms with van der Waals surface area (Å²) in [7, 11) is 0. The summed E-state index contributed by atoms with van der Waals surface area (Å²) in [6.45, 7) is 8.13. The van der Waals surface area contributed by atoms with Gasteiger partial charge in [0, 0.05) is 19.8 Å². The molecule has 1 aromatic heterocycles. The number of aryl methyl sites for hydroxylation is 1. The van der Waals surface area contributed by atoms with E-state index in [0.29, 0.717) is 13.2 Å². The molecule has 5 nitrogen and oxygen atoms in total. The molecule has 0 unspecified atom stereocenters. The second-order valence-electron chi connectivity index (χ2n) is 3.50. The Morgan fingerprint density at radius 1 is 1.25 bits per heavy atom. The number of hydrogen-bond acceptors (Lipinski definition) is 4. The van der Waals surface area contributed by atoms with Gasteiger partial charge in [0.2, 0.25) is 6.29 Å². The van der Waals surface area contributed by atoms with E-state index >= 15 is 0 Å². The monoisotopic (exact) mass is 227 g/mol. The standard InChI is InChI=1S/C11H21N3O2/c1-4-7-8-14-9-10(12-13-14)11(15-5-2)16-6-3/h9,11H,4-8H2,1-3H3. The second-order valence-corrected chi connectivity index (χ2v) is 3.50. The van der Waals surface area contributed by atoms with Gasteiger partial charge >= 0.3 is 0 Å². The van der Waals surface area contributed by atoms with Gasteiger partial charge < -0.3 is 9.47 Å². The van der Waals surface area contributed by atoms with E-state index in [4.69, 9.17) is 9.47 Å². The summed E-state index contributed by atoms with van der Waals surface area (Å²) in [6, 6.07) is 0. The molecule has 1 heterocycles. The van der Waals surface area contributed by atoms with Crippen LogP contribution in [0.2, 0.25) is 0 Å². The van der Waals surface area contributed by atoms with E-state index in [1.54, 1.807) is 0 Å². The summed E-state index contributed by atoms with van der Waals surface area (Å²) in [5, 5.41) is 8.12. The van der Waals surface area contributed by atoms with E-state index < -0.39 is 0 Å².